The SMILES string of the molecule is CC[C@H](O)CN1CCN(c2nc3ccccc3c3nnc(-c4ccccc4[N+](=O)[O-])n23)CC1. The van der Waals surface area contributed by atoms with Crippen molar-refractivity contribution >= 4 is 28.2 Å². The Bertz CT molecular complexity index is 1310. The number of nitrogens with zero attached hydrogens (tertiary/aromatic N) is 7. The van der Waals surface area contributed by atoms with Crippen LogP contribution in [0.4, 0.5) is 11.6 Å². The van der Waals surface area contributed by atoms with E-state index in [1.54, 1.807) is 18.2 Å². The molecule has 2 aromatic carbocycles. The molecular weight excluding hydrogens is 422 g/mol. The average molecular weight is 447 g/mol. The van der Waals surface area contributed by atoms with E-state index in [9.17, 15) is 15.2 Å². The van der Waals surface area contributed by atoms with Crippen LogP contribution < -0.4 is 4.90 Å². The van der Waals surface area contributed by atoms with Crippen LogP contribution >= 0.6 is 0 Å². The van der Waals surface area contributed by atoms with Crippen LogP contribution in [0.3, 0.4) is 0 Å². The molecule has 0 unspecified atom stereocenters. The zero-order valence-corrected chi connectivity index (χ0v) is 18.3. The lowest BCUT2D eigenvalue weighted by Gasteiger charge is -2.36. The molecule has 0 amide bonds. The maximum absolute atomic E-state index is 11.7. The topological polar surface area (TPSA) is 113 Å². The van der Waals surface area contributed by atoms with Gasteiger partial charge in [-0.2, -0.15) is 0 Å². The number of nitro benzene ring substituents is 1. The van der Waals surface area contributed by atoms with E-state index in [-0.39, 0.29) is 11.8 Å². The van der Waals surface area contributed by atoms with Gasteiger partial charge in [0, 0.05) is 44.2 Å². The summed E-state index contributed by atoms with van der Waals surface area (Å²) in [7, 11) is 0. The lowest BCUT2D eigenvalue weighted by Crippen LogP contribution is -2.49. The third-order valence-corrected chi connectivity index (χ3v) is 6.17. The van der Waals surface area contributed by atoms with E-state index in [4.69, 9.17) is 4.98 Å². The fourth-order valence-corrected chi connectivity index (χ4v) is 4.33. The smallest absolute Gasteiger partial charge is 0.280 e. The number of aromatic nitrogens is 4. The number of hydrogen-bond acceptors (Lipinski definition) is 8. The van der Waals surface area contributed by atoms with Gasteiger partial charge in [0.15, 0.2) is 11.5 Å². The average Bonchev–Trinajstić information content (AvgIpc) is 3.29. The fraction of sp³-hybridized carbons (Fsp3) is 0.348. The van der Waals surface area contributed by atoms with Gasteiger partial charge in [0.25, 0.3) is 5.69 Å². The zero-order chi connectivity index (χ0) is 22.9. The molecular formula is C23H25N7O3. The van der Waals surface area contributed by atoms with Crippen molar-refractivity contribution in [1.82, 2.24) is 24.5 Å². The molecule has 170 valence electrons. The van der Waals surface area contributed by atoms with Crippen LogP contribution in [0.25, 0.3) is 27.9 Å². The van der Waals surface area contributed by atoms with E-state index in [1.165, 1.54) is 6.07 Å². The summed E-state index contributed by atoms with van der Waals surface area (Å²) in [5.74, 6) is 1.06. The zero-order valence-electron chi connectivity index (χ0n) is 18.3. The van der Waals surface area contributed by atoms with E-state index >= 15 is 0 Å². The van der Waals surface area contributed by atoms with Crippen molar-refractivity contribution in [3.8, 4) is 11.4 Å². The first kappa shape index (κ1) is 21.2. The Hall–Kier alpha value is -3.63. The first-order chi connectivity index (χ1) is 16.1. The summed E-state index contributed by atoms with van der Waals surface area (Å²) >= 11 is 0. The van der Waals surface area contributed by atoms with Crippen molar-refractivity contribution in [3.05, 3.63) is 58.6 Å². The van der Waals surface area contributed by atoms with E-state index in [2.05, 4.69) is 20.0 Å². The second-order valence-corrected chi connectivity index (χ2v) is 8.24. The number of piperazine rings is 1. The molecule has 4 aromatic rings. The molecule has 33 heavy (non-hydrogen) atoms. The van der Waals surface area contributed by atoms with Crippen LogP contribution in [0.15, 0.2) is 48.5 Å². The molecule has 1 atom stereocenters. The number of rotatable bonds is 6. The molecule has 3 heterocycles. The van der Waals surface area contributed by atoms with Gasteiger partial charge in [-0.3, -0.25) is 15.0 Å². The maximum atomic E-state index is 11.7. The fourth-order valence-electron chi connectivity index (χ4n) is 4.33. The molecule has 10 nitrogen and oxygen atoms in total. The Morgan fingerprint density at radius 2 is 1.79 bits per heavy atom. The minimum absolute atomic E-state index is 0.0238. The van der Waals surface area contributed by atoms with Crippen LogP contribution in [-0.2, 0) is 0 Å². The van der Waals surface area contributed by atoms with Crippen LogP contribution in [0.2, 0.25) is 0 Å². The summed E-state index contributed by atoms with van der Waals surface area (Å²) in [6.45, 7) is 5.63. The van der Waals surface area contributed by atoms with Crippen molar-refractivity contribution in [1.29, 1.82) is 0 Å². The third kappa shape index (κ3) is 3.87. The van der Waals surface area contributed by atoms with Crippen molar-refractivity contribution in [3.63, 3.8) is 0 Å². The van der Waals surface area contributed by atoms with Gasteiger partial charge in [-0.1, -0.05) is 31.2 Å². The van der Waals surface area contributed by atoms with Gasteiger partial charge in [0.1, 0.15) is 0 Å². The van der Waals surface area contributed by atoms with E-state index in [1.807, 2.05) is 35.6 Å². The minimum Gasteiger partial charge on any atom is -0.392 e. The van der Waals surface area contributed by atoms with Gasteiger partial charge < -0.3 is 10.0 Å². The van der Waals surface area contributed by atoms with Crippen LogP contribution in [-0.4, -0.2) is 73.3 Å². The Morgan fingerprint density at radius 1 is 1.06 bits per heavy atom. The number of anilines is 1. The summed E-state index contributed by atoms with van der Waals surface area (Å²) in [6, 6.07) is 14.3. The first-order valence-electron chi connectivity index (χ1n) is 11.1. The number of aliphatic hydroxyl groups excluding tert-OH is 1. The molecule has 1 aliphatic rings. The van der Waals surface area contributed by atoms with Gasteiger partial charge in [-0.25, -0.2) is 9.38 Å². The summed E-state index contributed by atoms with van der Waals surface area (Å²) in [4.78, 5) is 20.6. The van der Waals surface area contributed by atoms with Gasteiger partial charge in [-0.05, 0) is 24.6 Å². The molecule has 1 fully saturated rings. The second kappa shape index (κ2) is 8.72. The quantitative estimate of drug-likeness (QED) is 0.355. The molecule has 0 aliphatic carbocycles. The molecule has 5 rings (SSSR count). The standard InChI is InChI=1S/C23H25N7O3/c1-2-16(31)15-27-11-13-28(14-12-27)23-24-19-9-5-3-7-17(19)21-25-26-22(29(21)23)18-8-4-6-10-20(18)30(32)33/h3-10,16,31H,2,11-15H2,1H3/t16-/m0/s1. The first-order valence-corrected chi connectivity index (χ1v) is 11.1. The summed E-state index contributed by atoms with van der Waals surface area (Å²) < 4.78 is 1.83. The normalized spacial score (nSPS) is 15.9. The van der Waals surface area contributed by atoms with E-state index < -0.39 is 4.92 Å². The van der Waals surface area contributed by atoms with Crippen molar-refractivity contribution in [2.45, 2.75) is 19.4 Å². The number of benzene rings is 2. The highest BCUT2D eigenvalue weighted by Gasteiger charge is 2.27. The van der Waals surface area contributed by atoms with Gasteiger partial charge in [0.2, 0.25) is 5.95 Å². The number of para-hydroxylation sites is 2. The molecule has 0 saturated carbocycles. The number of hydrogen-bond donors (Lipinski definition) is 1. The Labute approximate surface area is 190 Å². The predicted octanol–water partition coefficient (Wildman–Crippen LogP) is 2.75. The van der Waals surface area contributed by atoms with Crippen molar-refractivity contribution in [2.75, 3.05) is 37.6 Å². The Morgan fingerprint density at radius 3 is 2.55 bits per heavy atom. The van der Waals surface area contributed by atoms with Gasteiger partial charge in [-0.15, -0.1) is 10.2 Å². The highest BCUT2D eigenvalue weighted by atomic mass is 16.6. The van der Waals surface area contributed by atoms with E-state index in [0.29, 0.717) is 42.6 Å². The lowest BCUT2D eigenvalue weighted by atomic mass is 10.1. The van der Waals surface area contributed by atoms with Crippen LogP contribution in [0.1, 0.15) is 13.3 Å². The number of aliphatic hydroxyl groups is 1. The molecule has 0 spiro atoms. The number of fused-ring (bicyclic) bond motifs is 3. The molecule has 1 aliphatic heterocycles. The summed E-state index contributed by atoms with van der Waals surface area (Å²) in [6.07, 6.45) is 0.401. The predicted molar refractivity (Wildman–Crippen MR) is 125 cm³/mol. The highest BCUT2D eigenvalue weighted by Crippen LogP contribution is 2.33. The number of nitro groups is 1. The molecule has 0 bridgehead atoms. The largest absolute Gasteiger partial charge is 0.392 e. The van der Waals surface area contributed by atoms with Crippen LogP contribution in [0, 0.1) is 10.1 Å². The minimum atomic E-state index is -0.400. The second-order valence-electron chi connectivity index (χ2n) is 8.24. The molecule has 10 heteroatoms. The Balaban J connectivity index is 1.63. The number of β-amino-alcohol motifs (C(OH)–C–C–N with tert-alkyl or cyclic N) is 1. The van der Waals surface area contributed by atoms with Crippen LogP contribution in [0.5, 0.6) is 0 Å². The monoisotopic (exact) mass is 447 g/mol. The van der Waals surface area contributed by atoms with Gasteiger partial charge in [0.05, 0.1) is 22.1 Å². The van der Waals surface area contributed by atoms with Gasteiger partial charge >= 0.3 is 0 Å². The molecule has 1 saturated heterocycles. The molecule has 2 aromatic heterocycles. The summed E-state index contributed by atoms with van der Waals surface area (Å²) in [5, 5.41) is 31.4. The summed E-state index contributed by atoms with van der Waals surface area (Å²) in [5.41, 5.74) is 1.79. The lowest BCUT2D eigenvalue weighted by molar-refractivity contribution is -0.384. The van der Waals surface area contributed by atoms with E-state index in [0.717, 1.165) is 30.4 Å². The highest BCUT2D eigenvalue weighted by molar-refractivity contribution is 5.93. The van der Waals surface area contributed by atoms with Crippen molar-refractivity contribution < 1.29 is 10.0 Å². The molecule has 1 N–H and O–H groups in total. The molecule has 0 radical (unpaired) electrons. The maximum Gasteiger partial charge on any atom is 0.280 e. The van der Waals surface area contributed by atoms with Crippen molar-refractivity contribution in [2.24, 2.45) is 0 Å². The third-order valence-electron chi connectivity index (χ3n) is 6.17. The Kier molecular flexibility index (Phi) is 5.61.